The summed E-state index contributed by atoms with van der Waals surface area (Å²) in [7, 11) is 0. The second kappa shape index (κ2) is 9.57. The maximum Gasteiger partial charge on any atom is 0.135 e. The van der Waals surface area contributed by atoms with E-state index in [1.165, 1.54) is 60.3 Å². The van der Waals surface area contributed by atoms with E-state index >= 15 is 0 Å². The Morgan fingerprint density at radius 2 is 1.06 bits per heavy atom. The number of benzene rings is 8. The van der Waals surface area contributed by atoms with Crippen LogP contribution in [0.5, 0.6) is 0 Å². The SMILES string of the molecule is CC1(C)c2ccccc2-c2c(N(c3ccc4ccc5c6ccccc6ccc5c4c3)c3ccc4oc5ccccc5c4c3)cccc21. The number of fused-ring (bicyclic) bond motifs is 11. The van der Waals surface area contributed by atoms with E-state index in [-0.39, 0.29) is 5.41 Å². The minimum atomic E-state index is -0.0982. The quantitative estimate of drug-likeness (QED) is 0.187. The highest BCUT2D eigenvalue weighted by molar-refractivity contribution is 6.18. The van der Waals surface area contributed by atoms with Gasteiger partial charge in [0.2, 0.25) is 0 Å². The number of para-hydroxylation sites is 1. The molecule has 2 nitrogen and oxygen atoms in total. The molecule has 1 aromatic heterocycles. The van der Waals surface area contributed by atoms with Crippen LogP contribution in [-0.2, 0) is 5.41 Å². The Kier molecular flexibility index (Phi) is 5.37. The van der Waals surface area contributed by atoms with E-state index in [4.69, 9.17) is 4.42 Å². The minimum Gasteiger partial charge on any atom is -0.456 e. The third-order valence-electron chi connectivity index (χ3n) is 10.4. The summed E-state index contributed by atoms with van der Waals surface area (Å²) in [6, 6.07) is 55.4. The van der Waals surface area contributed by atoms with Gasteiger partial charge in [-0.25, -0.2) is 0 Å². The van der Waals surface area contributed by atoms with Crippen LogP contribution in [0.2, 0.25) is 0 Å². The van der Waals surface area contributed by atoms with Crippen LogP contribution >= 0.6 is 0 Å². The van der Waals surface area contributed by atoms with Crippen molar-refractivity contribution >= 4 is 71.3 Å². The third-order valence-corrected chi connectivity index (χ3v) is 10.4. The summed E-state index contributed by atoms with van der Waals surface area (Å²) in [5, 5.41) is 9.83. The second-order valence-electron chi connectivity index (χ2n) is 13.3. The van der Waals surface area contributed by atoms with E-state index < -0.39 is 0 Å². The van der Waals surface area contributed by atoms with Crippen LogP contribution < -0.4 is 4.90 Å². The molecule has 8 aromatic carbocycles. The number of rotatable bonds is 3. The maximum atomic E-state index is 6.27. The van der Waals surface area contributed by atoms with Crippen LogP contribution in [0.25, 0.3) is 65.4 Å². The maximum absolute atomic E-state index is 6.27. The lowest BCUT2D eigenvalue weighted by atomic mass is 9.82. The van der Waals surface area contributed by atoms with E-state index in [0.29, 0.717) is 0 Å². The van der Waals surface area contributed by atoms with Gasteiger partial charge in [-0.1, -0.05) is 123 Å². The molecule has 1 heterocycles. The van der Waals surface area contributed by atoms with Gasteiger partial charge in [-0.05, 0) is 91.5 Å². The molecule has 0 fully saturated rings. The van der Waals surface area contributed by atoms with E-state index in [1.807, 2.05) is 12.1 Å². The smallest absolute Gasteiger partial charge is 0.135 e. The summed E-state index contributed by atoms with van der Waals surface area (Å²) in [6.07, 6.45) is 0. The molecule has 0 amide bonds. The standard InChI is InChI=1S/C45H31NO/c1-45(2)39-14-7-5-13-36(39)44-40(45)15-9-16-41(44)46(31-22-25-43-38(27-31)35-12-6-8-17-42(35)47-43)30-21-18-29-20-23-33-32-11-4-3-10-28(32)19-24-34(33)37(29)26-30/h3-27H,1-2H3. The predicted molar refractivity (Wildman–Crippen MR) is 198 cm³/mol. The number of nitrogens with zero attached hydrogens (tertiary/aromatic N) is 1. The summed E-state index contributed by atoms with van der Waals surface area (Å²) in [6.45, 7) is 4.70. The van der Waals surface area contributed by atoms with Gasteiger partial charge in [0.25, 0.3) is 0 Å². The van der Waals surface area contributed by atoms with Crippen molar-refractivity contribution in [3.8, 4) is 11.1 Å². The van der Waals surface area contributed by atoms with Gasteiger partial charge in [-0.3, -0.25) is 0 Å². The monoisotopic (exact) mass is 601 g/mol. The van der Waals surface area contributed by atoms with E-state index in [2.05, 4.69) is 158 Å². The molecule has 47 heavy (non-hydrogen) atoms. The summed E-state index contributed by atoms with van der Waals surface area (Å²) in [5.41, 5.74) is 10.4. The third kappa shape index (κ3) is 3.73. The van der Waals surface area contributed by atoms with Crippen molar-refractivity contribution in [3.05, 3.63) is 163 Å². The van der Waals surface area contributed by atoms with Gasteiger partial charge in [0.15, 0.2) is 0 Å². The van der Waals surface area contributed by atoms with Crippen LogP contribution in [0.4, 0.5) is 17.1 Å². The zero-order chi connectivity index (χ0) is 31.3. The van der Waals surface area contributed by atoms with Gasteiger partial charge in [-0.15, -0.1) is 0 Å². The fraction of sp³-hybridized carbons (Fsp3) is 0.0667. The molecule has 0 spiro atoms. The highest BCUT2D eigenvalue weighted by Gasteiger charge is 2.37. The first-order chi connectivity index (χ1) is 23.1. The molecule has 0 atom stereocenters. The van der Waals surface area contributed by atoms with Gasteiger partial charge in [0, 0.05) is 33.1 Å². The Labute approximate surface area is 273 Å². The Hall–Kier alpha value is -5.86. The molecule has 9 aromatic rings. The zero-order valence-electron chi connectivity index (χ0n) is 26.3. The second-order valence-corrected chi connectivity index (χ2v) is 13.3. The normalized spacial score (nSPS) is 13.5. The fourth-order valence-electron chi connectivity index (χ4n) is 8.15. The zero-order valence-corrected chi connectivity index (χ0v) is 26.3. The topological polar surface area (TPSA) is 16.4 Å². The van der Waals surface area contributed by atoms with Crippen molar-refractivity contribution in [1.29, 1.82) is 0 Å². The van der Waals surface area contributed by atoms with E-state index in [9.17, 15) is 0 Å². The molecule has 10 rings (SSSR count). The molecule has 1 aliphatic carbocycles. The number of furan rings is 1. The summed E-state index contributed by atoms with van der Waals surface area (Å²) >= 11 is 0. The lowest BCUT2D eigenvalue weighted by Crippen LogP contribution is -2.16. The van der Waals surface area contributed by atoms with Gasteiger partial charge < -0.3 is 9.32 Å². The van der Waals surface area contributed by atoms with Crippen LogP contribution in [0.1, 0.15) is 25.0 Å². The van der Waals surface area contributed by atoms with Crippen LogP contribution in [0.3, 0.4) is 0 Å². The minimum absolute atomic E-state index is 0.0982. The average Bonchev–Trinajstić information content (AvgIpc) is 3.60. The van der Waals surface area contributed by atoms with E-state index in [1.54, 1.807) is 0 Å². The average molecular weight is 602 g/mol. The molecule has 2 heteroatoms. The molecule has 0 unspecified atom stereocenters. The summed E-state index contributed by atoms with van der Waals surface area (Å²) in [5.74, 6) is 0. The van der Waals surface area contributed by atoms with Crippen molar-refractivity contribution in [2.75, 3.05) is 4.90 Å². The molecule has 0 N–H and O–H groups in total. The van der Waals surface area contributed by atoms with Crippen molar-refractivity contribution in [1.82, 2.24) is 0 Å². The van der Waals surface area contributed by atoms with Crippen LogP contribution in [-0.4, -0.2) is 0 Å². The first-order valence-electron chi connectivity index (χ1n) is 16.4. The van der Waals surface area contributed by atoms with Crippen molar-refractivity contribution in [2.45, 2.75) is 19.3 Å². The largest absolute Gasteiger partial charge is 0.456 e. The highest BCUT2D eigenvalue weighted by Crippen LogP contribution is 2.54. The molecular weight excluding hydrogens is 571 g/mol. The number of anilines is 3. The predicted octanol–water partition coefficient (Wildman–Crippen LogP) is 12.8. The van der Waals surface area contributed by atoms with Crippen molar-refractivity contribution < 1.29 is 4.42 Å². The van der Waals surface area contributed by atoms with Crippen LogP contribution in [0, 0.1) is 0 Å². The molecule has 1 aliphatic rings. The Balaban J connectivity index is 1.28. The fourth-order valence-corrected chi connectivity index (χ4v) is 8.15. The lowest BCUT2D eigenvalue weighted by Gasteiger charge is -2.29. The summed E-state index contributed by atoms with van der Waals surface area (Å²) < 4.78 is 6.27. The highest BCUT2D eigenvalue weighted by atomic mass is 16.3. The van der Waals surface area contributed by atoms with Crippen molar-refractivity contribution in [3.63, 3.8) is 0 Å². The number of hydrogen-bond acceptors (Lipinski definition) is 2. The molecule has 0 saturated carbocycles. The molecule has 0 aliphatic heterocycles. The molecule has 0 saturated heterocycles. The first kappa shape index (κ1) is 26.4. The Morgan fingerprint density at radius 1 is 0.447 bits per heavy atom. The van der Waals surface area contributed by atoms with Gasteiger partial charge in [0.1, 0.15) is 11.2 Å². The van der Waals surface area contributed by atoms with Gasteiger partial charge in [0.05, 0.1) is 5.69 Å². The van der Waals surface area contributed by atoms with Crippen molar-refractivity contribution in [2.24, 2.45) is 0 Å². The van der Waals surface area contributed by atoms with Gasteiger partial charge >= 0.3 is 0 Å². The number of hydrogen-bond donors (Lipinski definition) is 0. The Morgan fingerprint density at radius 3 is 1.94 bits per heavy atom. The van der Waals surface area contributed by atoms with E-state index in [0.717, 1.165) is 33.3 Å². The molecule has 0 radical (unpaired) electrons. The first-order valence-corrected chi connectivity index (χ1v) is 16.4. The van der Waals surface area contributed by atoms with Gasteiger partial charge in [-0.2, -0.15) is 0 Å². The molecule has 222 valence electrons. The molecule has 0 bridgehead atoms. The summed E-state index contributed by atoms with van der Waals surface area (Å²) in [4.78, 5) is 2.46. The van der Waals surface area contributed by atoms with Crippen LogP contribution in [0.15, 0.2) is 156 Å². The lowest BCUT2D eigenvalue weighted by molar-refractivity contribution is 0.660. The molecular formula is C45H31NO. The Bertz CT molecular complexity index is 2730.